The first-order valence-electron chi connectivity index (χ1n) is 13.2. The summed E-state index contributed by atoms with van der Waals surface area (Å²) >= 11 is 0. The fourth-order valence-electron chi connectivity index (χ4n) is 5.29. The van der Waals surface area contributed by atoms with E-state index < -0.39 is 34.9 Å². The molecule has 1 atom stereocenters. The summed E-state index contributed by atoms with van der Waals surface area (Å²) in [5, 5.41) is 13.5. The number of aromatic nitrogens is 1. The van der Waals surface area contributed by atoms with Gasteiger partial charge in [0.15, 0.2) is 0 Å². The maximum atomic E-state index is 13.0. The molecule has 1 amide bonds. The molecule has 1 aliphatic carbocycles. The number of fused-ring (bicyclic) bond motifs is 1. The van der Waals surface area contributed by atoms with Crippen molar-refractivity contribution in [1.29, 1.82) is 0 Å². The van der Waals surface area contributed by atoms with Crippen LogP contribution < -0.4 is 5.32 Å². The second-order valence-corrected chi connectivity index (χ2v) is 12.2. The summed E-state index contributed by atoms with van der Waals surface area (Å²) in [6, 6.07) is 17.1. The summed E-state index contributed by atoms with van der Waals surface area (Å²) in [6.07, 6.45) is 3.38. The van der Waals surface area contributed by atoms with Crippen molar-refractivity contribution in [1.82, 2.24) is 4.98 Å². The number of hydrogen-bond acceptors (Lipinski definition) is 5. The first kappa shape index (κ1) is 27.9. The van der Waals surface area contributed by atoms with Crippen molar-refractivity contribution in [2.45, 2.75) is 43.6 Å². The minimum Gasteiger partial charge on any atom is -0.478 e. The molecule has 3 aromatic rings. The number of ether oxygens (including phenoxy) is 1. The third kappa shape index (κ3) is 6.23. The van der Waals surface area contributed by atoms with Crippen LogP contribution >= 0.6 is 10.9 Å². The van der Waals surface area contributed by atoms with Gasteiger partial charge in [-0.25, -0.2) is 23.6 Å². The van der Waals surface area contributed by atoms with Crippen LogP contribution in [0.1, 0.15) is 64.2 Å². The number of amides is 1. The fraction of sp³-hybridized carbons (Fsp3) is 0.333. The standard InChI is InChI=1S/C30H31F2N3O4S/c1-40-26-15-24(34-28(36)23-9-5-8-22(33-23)27(31)32)21(30(37)38)14-25(26)35-29(40)20-12-10-19(11-13-20)17-39-16-18-6-3-2-4-7-18/h2-9,14-15,19-20,27,40H,10-13,16-17H2,1H3,(H,34,36)(H,37,38). The van der Waals surface area contributed by atoms with Gasteiger partial charge in [0, 0.05) is 17.4 Å². The third-order valence-electron chi connectivity index (χ3n) is 7.44. The first-order valence-corrected chi connectivity index (χ1v) is 15.0. The molecule has 2 N–H and O–H groups in total. The number of aromatic carboxylic acids is 1. The van der Waals surface area contributed by atoms with Gasteiger partial charge in [0.25, 0.3) is 12.3 Å². The average Bonchev–Trinajstić information content (AvgIpc) is 3.28. The molecule has 210 valence electrons. The lowest BCUT2D eigenvalue weighted by molar-refractivity contribution is 0.0697. The lowest BCUT2D eigenvalue weighted by atomic mass is 9.83. The van der Waals surface area contributed by atoms with E-state index in [1.54, 1.807) is 6.07 Å². The quantitative estimate of drug-likeness (QED) is 0.241. The number of aliphatic imine (C=N–C) groups is 1. The smallest absolute Gasteiger partial charge is 0.337 e. The third-order valence-corrected chi connectivity index (χ3v) is 9.67. The number of benzene rings is 2. The number of carbonyl (C=O) groups is 2. The van der Waals surface area contributed by atoms with Crippen LogP contribution in [0.3, 0.4) is 0 Å². The zero-order valence-corrected chi connectivity index (χ0v) is 22.9. The van der Waals surface area contributed by atoms with Crippen LogP contribution in [-0.2, 0) is 11.3 Å². The number of anilines is 1. The summed E-state index contributed by atoms with van der Waals surface area (Å²) in [5.74, 6) is -1.14. The van der Waals surface area contributed by atoms with Crippen LogP contribution in [-0.4, -0.2) is 39.9 Å². The highest BCUT2D eigenvalue weighted by Gasteiger charge is 2.32. The molecule has 7 nitrogen and oxygen atoms in total. The molecule has 0 bridgehead atoms. The normalized spacial score (nSPS) is 21.1. The van der Waals surface area contributed by atoms with Gasteiger partial charge >= 0.3 is 5.97 Å². The second kappa shape index (κ2) is 12.3. The van der Waals surface area contributed by atoms with Gasteiger partial charge in [-0.2, -0.15) is 10.9 Å². The number of carboxylic acid groups (broad SMARTS) is 1. The summed E-state index contributed by atoms with van der Waals surface area (Å²) in [6.45, 7) is 1.34. The van der Waals surface area contributed by atoms with Crippen molar-refractivity contribution in [2.75, 3.05) is 18.2 Å². The number of carbonyl (C=O) groups excluding carboxylic acids is 1. The van der Waals surface area contributed by atoms with Crippen molar-refractivity contribution >= 4 is 39.2 Å². The van der Waals surface area contributed by atoms with Crippen molar-refractivity contribution in [3.05, 3.63) is 83.2 Å². The average molecular weight is 568 g/mol. The lowest BCUT2D eigenvalue weighted by Crippen LogP contribution is -2.23. The maximum absolute atomic E-state index is 13.0. The monoisotopic (exact) mass is 567 g/mol. The minimum absolute atomic E-state index is 0.102. The topological polar surface area (TPSA) is 101 Å². The number of nitrogens with one attached hydrogen (secondary N) is 1. The Hall–Kier alpha value is -3.63. The molecule has 1 aliphatic heterocycles. The molecule has 2 aromatic carbocycles. The molecule has 1 saturated carbocycles. The molecule has 2 heterocycles. The molecule has 0 spiro atoms. The van der Waals surface area contributed by atoms with Gasteiger partial charge in [0.1, 0.15) is 11.4 Å². The fourth-order valence-corrected chi connectivity index (χ4v) is 7.38. The van der Waals surface area contributed by atoms with Gasteiger partial charge in [0.2, 0.25) is 0 Å². The van der Waals surface area contributed by atoms with Gasteiger partial charge in [0.05, 0.1) is 28.6 Å². The molecule has 1 aromatic heterocycles. The van der Waals surface area contributed by atoms with Crippen LogP contribution in [0.5, 0.6) is 0 Å². The minimum atomic E-state index is -2.82. The van der Waals surface area contributed by atoms with Gasteiger partial charge < -0.3 is 15.2 Å². The number of pyridine rings is 1. The van der Waals surface area contributed by atoms with E-state index in [0.29, 0.717) is 24.1 Å². The van der Waals surface area contributed by atoms with Crippen LogP contribution in [0.25, 0.3) is 0 Å². The molecule has 2 aliphatic rings. The maximum Gasteiger partial charge on any atom is 0.337 e. The first-order chi connectivity index (χ1) is 19.3. The van der Waals surface area contributed by atoms with Gasteiger partial charge in [-0.3, -0.25) is 4.79 Å². The van der Waals surface area contributed by atoms with Crippen LogP contribution in [0, 0.1) is 11.8 Å². The second-order valence-electron chi connectivity index (χ2n) is 10.1. The number of thiol groups is 1. The number of alkyl halides is 2. The molecule has 0 radical (unpaired) electrons. The zero-order valence-electron chi connectivity index (χ0n) is 22.0. The van der Waals surface area contributed by atoms with Gasteiger partial charge in [-0.1, -0.05) is 36.4 Å². The Labute approximate surface area is 234 Å². The van der Waals surface area contributed by atoms with E-state index in [0.717, 1.165) is 48.3 Å². The van der Waals surface area contributed by atoms with E-state index in [1.165, 1.54) is 23.8 Å². The molecule has 10 heteroatoms. The molecule has 40 heavy (non-hydrogen) atoms. The SMILES string of the molecule is C[SH]1C(C2CCC(COCc3ccccc3)CC2)=Nc2cc(C(=O)O)c(NC(=O)c3cccc(C(F)F)n3)cc21. The molecule has 1 unspecified atom stereocenters. The lowest BCUT2D eigenvalue weighted by Gasteiger charge is -2.30. The van der Waals surface area contributed by atoms with E-state index in [-0.39, 0.29) is 16.9 Å². The number of carboxylic acids is 1. The molecule has 0 saturated heterocycles. The largest absolute Gasteiger partial charge is 0.478 e. The Morgan fingerprint density at radius 1 is 1.07 bits per heavy atom. The highest BCUT2D eigenvalue weighted by atomic mass is 32.2. The Bertz CT molecular complexity index is 1430. The number of halogens is 2. The van der Waals surface area contributed by atoms with Crippen molar-refractivity contribution in [3.63, 3.8) is 0 Å². The Morgan fingerprint density at radius 3 is 2.52 bits per heavy atom. The number of rotatable bonds is 9. The number of nitrogens with zero attached hydrogens (tertiary/aromatic N) is 2. The van der Waals surface area contributed by atoms with Gasteiger partial charge in [-0.15, -0.1) is 0 Å². The van der Waals surface area contributed by atoms with Crippen molar-refractivity contribution in [2.24, 2.45) is 16.8 Å². The Kier molecular flexibility index (Phi) is 8.56. The highest BCUT2D eigenvalue weighted by molar-refractivity contribution is 8.30. The van der Waals surface area contributed by atoms with Crippen molar-refractivity contribution < 1.29 is 28.2 Å². The predicted molar refractivity (Wildman–Crippen MR) is 152 cm³/mol. The van der Waals surface area contributed by atoms with Crippen LogP contribution in [0.4, 0.5) is 20.2 Å². The van der Waals surface area contributed by atoms with Crippen LogP contribution in [0.2, 0.25) is 0 Å². The predicted octanol–water partition coefficient (Wildman–Crippen LogP) is 7.03. The molecular weight excluding hydrogens is 536 g/mol. The van der Waals surface area contributed by atoms with E-state index in [9.17, 15) is 23.5 Å². The van der Waals surface area contributed by atoms with E-state index in [4.69, 9.17) is 9.73 Å². The highest BCUT2D eigenvalue weighted by Crippen LogP contribution is 2.53. The van der Waals surface area contributed by atoms with E-state index >= 15 is 0 Å². The van der Waals surface area contributed by atoms with Gasteiger partial charge in [-0.05, 0) is 67.7 Å². The van der Waals surface area contributed by atoms with Crippen LogP contribution in [0.15, 0.2) is 70.6 Å². The number of hydrogen-bond donors (Lipinski definition) is 3. The summed E-state index contributed by atoms with van der Waals surface area (Å²) in [7, 11) is -0.804. The summed E-state index contributed by atoms with van der Waals surface area (Å²) in [4.78, 5) is 34.3. The molecular formula is C30H31F2N3O4S. The Balaban J connectivity index is 1.24. The van der Waals surface area contributed by atoms with Crippen molar-refractivity contribution in [3.8, 4) is 0 Å². The Morgan fingerprint density at radius 2 is 1.82 bits per heavy atom. The van der Waals surface area contributed by atoms with E-state index in [2.05, 4.69) is 28.7 Å². The summed E-state index contributed by atoms with van der Waals surface area (Å²) < 4.78 is 32.0. The molecule has 5 rings (SSSR count). The summed E-state index contributed by atoms with van der Waals surface area (Å²) in [5.41, 5.74) is 1.04. The zero-order chi connectivity index (χ0) is 28.2. The van der Waals surface area contributed by atoms with E-state index in [1.807, 2.05) is 18.2 Å². The molecule has 1 fully saturated rings.